The fourth-order valence-electron chi connectivity index (χ4n) is 1.75. The third kappa shape index (κ3) is 3.58. The fraction of sp³-hybridized carbons (Fsp3) is 0.143. The zero-order valence-electron chi connectivity index (χ0n) is 12.3. The number of furan rings is 1. The average Bonchev–Trinajstić information content (AvgIpc) is 3.05. The molecule has 1 aromatic carbocycles. The molecule has 0 fully saturated rings. The summed E-state index contributed by atoms with van der Waals surface area (Å²) in [6, 6.07) is 8.62. The molecule has 0 radical (unpaired) electrons. The average molecular weight is 338 g/mol. The van der Waals surface area contributed by atoms with Crippen LogP contribution in [0, 0.1) is 0 Å². The summed E-state index contributed by atoms with van der Waals surface area (Å²) in [4.78, 5) is 23.8. The normalized spacial score (nSPS) is 11.0. The topological polar surface area (TPSA) is 115 Å². The van der Waals surface area contributed by atoms with Crippen LogP contribution in [0.1, 0.15) is 20.9 Å². The Morgan fingerprint density at radius 2 is 1.83 bits per heavy atom. The second kappa shape index (κ2) is 6.63. The summed E-state index contributed by atoms with van der Waals surface area (Å²) in [7, 11) is -1.33. The number of methoxy groups -OCH3 is 1. The number of hydrogen-bond acceptors (Lipinski definition) is 6. The molecule has 2 N–H and O–H groups in total. The molecule has 1 heterocycles. The zero-order chi connectivity index (χ0) is 17.0. The van der Waals surface area contributed by atoms with Crippen LogP contribution in [0.4, 0.5) is 5.69 Å². The quantitative estimate of drug-likeness (QED) is 0.792. The first-order valence-corrected chi connectivity index (χ1v) is 7.89. The maximum atomic E-state index is 12.1. The Balaban J connectivity index is 2.26. The molecule has 0 saturated heterocycles. The van der Waals surface area contributed by atoms with Crippen LogP contribution < -0.4 is 10.0 Å². The van der Waals surface area contributed by atoms with Crippen molar-refractivity contribution in [2.24, 2.45) is 0 Å². The highest BCUT2D eigenvalue weighted by Crippen LogP contribution is 2.19. The Labute approximate surface area is 132 Å². The molecule has 1 aromatic heterocycles. The molecule has 0 saturated carbocycles. The third-order valence-electron chi connectivity index (χ3n) is 2.92. The lowest BCUT2D eigenvalue weighted by Crippen LogP contribution is -2.18. The Bertz CT molecular complexity index is 840. The maximum absolute atomic E-state index is 12.1. The first-order chi connectivity index (χ1) is 10.9. The van der Waals surface area contributed by atoms with Gasteiger partial charge in [0, 0.05) is 0 Å². The monoisotopic (exact) mass is 338 g/mol. The first-order valence-electron chi connectivity index (χ1n) is 6.41. The van der Waals surface area contributed by atoms with E-state index >= 15 is 0 Å². The van der Waals surface area contributed by atoms with Crippen molar-refractivity contribution >= 4 is 27.6 Å². The summed E-state index contributed by atoms with van der Waals surface area (Å²) in [6.45, 7) is 0. The minimum atomic E-state index is -3.78. The molecule has 0 aliphatic heterocycles. The predicted molar refractivity (Wildman–Crippen MR) is 80.7 cm³/mol. The van der Waals surface area contributed by atoms with E-state index in [1.54, 1.807) is 12.1 Å². The number of carbonyl (C=O) groups is 2. The van der Waals surface area contributed by atoms with E-state index in [9.17, 15) is 18.0 Å². The maximum Gasteiger partial charge on any atom is 0.339 e. The van der Waals surface area contributed by atoms with Crippen LogP contribution in [0.2, 0.25) is 0 Å². The molecule has 2 rings (SSSR count). The van der Waals surface area contributed by atoms with Crippen molar-refractivity contribution in [3.8, 4) is 0 Å². The molecule has 0 atom stereocenters. The Kier molecular flexibility index (Phi) is 4.82. The SMILES string of the molecule is CNS(=O)(=O)c1ccc(C(=O)Nc2ccccc2C(=O)OC)o1. The molecule has 0 bridgehead atoms. The van der Waals surface area contributed by atoms with Gasteiger partial charge in [-0.2, -0.15) is 0 Å². The number of amides is 1. The number of hydrogen-bond donors (Lipinski definition) is 2. The minimum Gasteiger partial charge on any atom is -0.465 e. The number of sulfonamides is 1. The van der Waals surface area contributed by atoms with Crippen molar-refractivity contribution < 1.29 is 27.2 Å². The van der Waals surface area contributed by atoms with Crippen LogP contribution in [0.15, 0.2) is 45.9 Å². The Hall–Kier alpha value is -2.65. The van der Waals surface area contributed by atoms with Crippen LogP contribution in [0.25, 0.3) is 0 Å². The number of benzene rings is 1. The van der Waals surface area contributed by atoms with Crippen LogP contribution in [-0.2, 0) is 14.8 Å². The van der Waals surface area contributed by atoms with E-state index in [0.717, 1.165) is 6.07 Å². The van der Waals surface area contributed by atoms with Crippen molar-refractivity contribution in [2.45, 2.75) is 5.09 Å². The second-order valence-electron chi connectivity index (χ2n) is 4.32. The van der Waals surface area contributed by atoms with Gasteiger partial charge < -0.3 is 14.5 Å². The standard InChI is InChI=1S/C14H14N2O6S/c1-15-23(19,20)12-8-7-11(22-12)13(17)16-10-6-4-3-5-9(10)14(18)21-2/h3-8,15H,1-2H3,(H,16,17). The lowest BCUT2D eigenvalue weighted by molar-refractivity contribution is 0.0602. The number of rotatable bonds is 5. The van der Waals surface area contributed by atoms with Crippen LogP contribution in [0.5, 0.6) is 0 Å². The van der Waals surface area contributed by atoms with Gasteiger partial charge in [-0.15, -0.1) is 0 Å². The Morgan fingerprint density at radius 3 is 2.48 bits per heavy atom. The van der Waals surface area contributed by atoms with Crippen LogP contribution >= 0.6 is 0 Å². The van der Waals surface area contributed by atoms with E-state index in [4.69, 9.17) is 4.42 Å². The van der Waals surface area contributed by atoms with Gasteiger partial charge in [-0.05, 0) is 31.3 Å². The van der Waals surface area contributed by atoms with E-state index in [0.29, 0.717) is 0 Å². The molecule has 8 nitrogen and oxygen atoms in total. The third-order valence-corrected chi connectivity index (χ3v) is 4.21. The molecule has 0 aliphatic carbocycles. The van der Waals surface area contributed by atoms with Crippen molar-refractivity contribution in [3.05, 3.63) is 47.7 Å². The molecular formula is C14H14N2O6S. The predicted octanol–water partition coefficient (Wildman–Crippen LogP) is 1.23. The van der Waals surface area contributed by atoms with Crippen molar-refractivity contribution in [1.82, 2.24) is 4.72 Å². The van der Waals surface area contributed by atoms with Gasteiger partial charge >= 0.3 is 5.97 Å². The number of para-hydroxylation sites is 1. The molecule has 1 amide bonds. The molecule has 0 unspecified atom stereocenters. The van der Waals surface area contributed by atoms with Gasteiger partial charge in [0.05, 0.1) is 18.4 Å². The van der Waals surface area contributed by atoms with E-state index in [1.165, 1.54) is 32.4 Å². The van der Waals surface area contributed by atoms with Crippen LogP contribution in [-0.4, -0.2) is 34.5 Å². The fourth-order valence-corrected chi connectivity index (χ4v) is 2.40. The lowest BCUT2D eigenvalue weighted by atomic mass is 10.2. The molecular weight excluding hydrogens is 324 g/mol. The molecule has 0 spiro atoms. The van der Waals surface area contributed by atoms with Gasteiger partial charge in [-0.25, -0.2) is 17.9 Å². The number of nitrogens with one attached hydrogen (secondary N) is 2. The highest BCUT2D eigenvalue weighted by atomic mass is 32.2. The van der Waals surface area contributed by atoms with Crippen molar-refractivity contribution in [1.29, 1.82) is 0 Å². The smallest absolute Gasteiger partial charge is 0.339 e. The van der Waals surface area contributed by atoms with Crippen molar-refractivity contribution in [3.63, 3.8) is 0 Å². The van der Waals surface area contributed by atoms with Crippen LogP contribution in [0.3, 0.4) is 0 Å². The van der Waals surface area contributed by atoms with E-state index in [-0.39, 0.29) is 22.1 Å². The first kappa shape index (κ1) is 16.7. The number of carbonyl (C=O) groups excluding carboxylic acids is 2. The van der Waals surface area contributed by atoms with Gasteiger partial charge in [-0.3, -0.25) is 4.79 Å². The molecule has 9 heteroatoms. The zero-order valence-corrected chi connectivity index (χ0v) is 13.1. The van der Waals surface area contributed by atoms with Gasteiger partial charge in [0.2, 0.25) is 5.09 Å². The van der Waals surface area contributed by atoms with E-state index in [2.05, 4.69) is 14.8 Å². The summed E-state index contributed by atoms with van der Waals surface area (Å²) in [5.74, 6) is -1.52. The number of esters is 1. The van der Waals surface area contributed by atoms with Crippen molar-refractivity contribution in [2.75, 3.05) is 19.5 Å². The van der Waals surface area contributed by atoms with Gasteiger partial charge in [0.1, 0.15) is 0 Å². The van der Waals surface area contributed by atoms with E-state index < -0.39 is 21.9 Å². The summed E-state index contributed by atoms with van der Waals surface area (Å²) in [5, 5.41) is 2.09. The highest BCUT2D eigenvalue weighted by Gasteiger charge is 2.21. The number of anilines is 1. The minimum absolute atomic E-state index is 0.165. The molecule has 2 aromatic rings. The molecule has 23 heavy (non-hydrogen) atoms. The second-order valence-corrected chi connectivity index (χ2v) is 6.14. The summed E-state index contributed by atoms with van der Waals surface area (Å²) in [5.41, 5.74) is 0.386. The lowest BCUT2D eigenvalue weighted by Gasteiger charge is -2.08. The summed E-state index contributed by atoms with van der Waals surface area (Å²) >= 11 is 0. The highest BCUT2D eigenvalue weighted by molar-refractivity contribution is 7.89. The van der Waals surface area contributed by atoms with Gasteiger partial charge in [0.25, 0.3) is 15.9 Å². The van der Waals surface area contributed by atoms with Gasteiger partial charge in [-0.1, -0.05) is 12.1 Å². The molecule has 122 valence electrons. The summed E-state index contributed by atoms with van der Waals surface area (Å²) in [6.07, 6.45) is 0. The van der Waals surface area contributed by atoms with E-state index in [1.807, 2.05) is 0 Å². The summed E-state index contributed by atoms with van der Waals surface area (Å²) < 4.78 is 34.9. The largest absolute Gasteiger partial charge is 0.465 e. The molecule has 0 aliphatic rings. The number of ether oxygens (including phenoxy) is 1. The van der Waals surface area contributed by atoms with Gasteiger partial charge in [0.15, 0.2) is 5.76 Å². The Morgan fingerprint density at radius 1 is 1.13 bits per heavy atom.